The van der Waals surface area contributed by atoms with Crippen LogP contribution in [0.25, 0.3) is 22.2 Å². The van der Waals surface area contributed by atoms with Crippen LogP contribution >= 0.6 is 0 Å². The lowest BCUT2D eigenvalue weighted by Crippen LogP contribution is -2.39. The van der Waals surface area contributed by atoms with Crippen LogP contribution in [0.15, 0.2) is 60.7 Å². The van der Waals surface area contributed by atoms with E-state index in [0.29, 0.717) is 12.0 Å². The molecule has 0 fully saturated rings. The third kappa shape index (κ3) is 2.52. The number of hydrogen-bond donors (Lipinski definition) is 0. The molecule has 0 amide bonds. The van der Waals surface area contributed by atoms with Gasteiger partial charge < -0.3 is 0 Å². The first-order valence-electron chi connectivity index (χ1n) is 8.12. The van der Waals surface area contributed by atoms with Gasteiger partial charge in [-0.05, 0) is 43.5 Å². The Bertz CT molecular complexity index is 800. The van der Waals surface area contributed by atoms with Crippen molar-refractivity contribution in [2.75, 3.05) is 0 Å². The maximum atomic E-state index is 2.45. The molecular weight excluding hydrogens is 266 g/mol. The Kier molecular flexibility index (Phi) is 3.98. The molecular formula is C21H24N+. The van der Waals surface area contributed by atoms with Crippen molar-refractivity contribution in [3.63, 3.8) is 0 Å². The molecule has 0 aliphatic rings. The molecule has 0 bridgehead atoms. The van der Waals surface area contributed by atoms with Crippen LogP contribution < -0.4 is 4.57 Å². The maximum absolute atomic E-state index is 2.45. The van der Waals surface area contributed by atoms with Gasteiger partial charge in [0.2, 0.25) is 11.2 Å². The van der Waals surface area contributed by atoms with Gasteiger partial charge in [-0.25, -0.2) is 0 Å². The van der Waals surface area contributed by atoms with E-state index in [1.165, 1.54) is 27.7 Å². The zero-order valence-electron chi connectivity index (χ0n) is 13.9. The van der Waals surface area contributed by atoms with Crippen molar-refractivity contribution in [3.05, 3.63) is 66.2 Å². The van der Waals surface area contributed by atoms with E-state index >= 15 is 0 Å². The van der Waals surface area contributed by atoms with Gasteiger partial charge in [0.25, 0.3) is 0 Å². The average Bonchev–Trinajstić information content (AvgIpc) is 2.53. The number of para-hydroxylation sites is 1. The topological polar surface area (TPSA) is 3.88 Å². The smallest absolute Gasteiger partial charge is 0.189 e. The highest BCUT2D eigenvalue weighted by Crippen LogP contribution is 2.29. The van der Waals surface area contributed by atoms with Gasteiger partial charge in [0.15, 0.2) is 6.04 Å². The van der Waals surface area contributed by atoms with Crippen LogP contribution in [-0.4, -0.2) is 0 Å². The van der Waals surface area contributed by atoms with Crippen LogP contribution in [0.2, 0.25) is 0 Å². The lowest BCUT2D eigenvalue weighted by atomic mass is 9.94. The molecule has 112 valence electrons. The third-order valence-electron chi connectivity index (χ3n) is 4.25. The van der Waals surface area contributed by atoms with Gasteiger partial charge in [-0.15, -0.1) is 0 Å². The van der Waals surface area contributed by atoms with Crippen LogP contribution in [0.4, 0.5) is 0 Å². The summed E-state index contributed by atoms with van der Waals surface area (Å²) in [5.74, 6) is 0.517. The molecule has 0 aliphatic heterocycles. The highest BCUT2D eigenvalue weighted by atomic mass is 15.0. The molecule has 0 unspecified atom stereocenters. The maximum Gasteiger partial charge on any atom is 0.213 e. The molecule has 1 heteroatoms. The fraction of sp³-hybridized carbons (Fsp3) is 0.286. The van der Waals surface area contributed by atoms with Crippen molar-refractivity contribution in [2.24, 2.45) is 0 Å². The lowest BCUT2D eigenvalue weighted by molar-refractivity contribution is -0.680. The van der Waals surface area contributed by atoms with Gasteiger partial charge in [0.05, 0.1) is 0 Å². The monoisotopic (exact) mass is 290 g/mol. The second kappa shape index (κ2) is 5.92. The Morgan fingerprint density at radius 3 is 2.14 bits per heavy atom. The molecule has 2 aromatic carbocycles. The molecule has 22 heavy (non-hydrogen) atoms. The molecule has 0 saturated heterocycles. The van der Waals surface area contributed by atoms with Gasteiger partial charge in [-0.1, -0.05) is 44.2 Å². The largest absolute Gasteiger partial charge is 0.213 e. The molecule has 0 N–H and O–H groups in total. The van der Waals surface area contributed by atoms with Crippen molar-refractivity contribution in [1.29, 1.82) is 0 Å². The normalized spacial score (nSPS) is 11.5. The Morgan fingerprint density at radius 1 is 0.727 bits per heavy atom. The summed E-state index contributed by atoms with van der Waals surface area (Å²) in [5.41, 5.74) is 5.36. The van der Waals surface area contributed by atoms with Crippen LogP contribution in [0.3, 0.4) is 0 Å². The first kappa shape index (κ1) is 14.8. The van der Waals surface area contributed by atoms with E-state index in [1.54, 1.807) is 0 Å². The van der Waals surface area contributed by atoms with Gasteiger partial charge >= 0.3 is 0 Å². The average molecular weight is 290 g/mol. The highest BCUT2D eigenvalue weighted by Gasteiger charge is 2.22. The van der Waals surface area contributed by atoms with E-state index < -0.39 is 0 Å². The van der Waals surface area contributed by atoms with Gasteiger partial charge in [0.1, 0.15) is 0 Å². The summed E-state index contributed by atoms with van der Waals surface area (Å²) in [6.07, 6.45) is 0. The quantitative estimate of drug-likeness (QED) is 0.561. The lowest BCUT2D eigenvalue weighted by Gasteiger charge is -2.15. The predicted octanol–water partition coefficient (Wildman–Crippen LogP) is 5.50. The molecule has 3 aromatic rings. The van der Waals surface area contributed by atoms with E-state index in [4.69, 9.17) is 0 Å². The Hall–Kier alpha value is -2.15. The summed E-state index contributed by atoms with van der Waals surface area (Å²) in [6.45, 7) is 9.04. The van der Waals surface area contributed by atoms with Crippen molar-refractivity contribution in [3.8, 4) is 11.3 Å². The number of nitrogens with zero attached hydrogens (tertiary/aromatic N) is 1. The highest BCUT2D eigenvalue weighted by molar-refractivity contribution is 5.78. The number of hydrogen-bond acceptors (Lipinski definition) is 0. The van der Waals surface area contributed by atoms with Crippen molar-refractivity contribution in [1.82, 2.24) is 0 Å². The molecule has 0 aliphatic carbocycles. The van der Waals surface area contributed by atoms with Gasteiger partial charge in [0, 0.05) is 23.1 Å². The summed E-state index contributed by atoms with van der Waals surface area (Å²) >= 11 is 0. The second-order valence-corrected chi connectivity index (χ2v) is 6.48. The van der Waals surface area contributed by atoms with Crippen LogP contribution in [0.5, 0.6) is 0 Å². The van der Waals surface area contributed by atoms with E-state index in [9.17, 15) is 0 Å². The van der Waals surface area contributed by atoms with Crippen LogP contribution in [-0.2, 0) is 0 Å². The van der Waals surface area contributed by atoms with Crippen molar-refractivity contribution in [2.45, 2.75) is 39.7 Å². The van der Waals surface area contributed by atoms with Gasteiger partial charge in [-0.2, -0.15) is 4.57 Å². The van der Waals surface area contributed by atoms with Crippen molar-refractivity contribution >= 4 is 10.9 Å². The summed E-state index contributed by atoms with van der Waals surface area (Å²) in [5, 5.41) is 1.29. The van der Waals surface area contributed by atoms with E-state index in [0.717, 1.165) is 0 Å². The van der Waals surface area contributed by atoms with Gasteiger partial charge in [-0.3, -0.25) is 0 Å². The number of pyridine rings is 1. The molecule has 0 radical (unpaired) electrons. The molecule has 1 aromatic heterocycles. The second-order valence-electron chi connectivity index (χ2n) is 6.48. The van der Waals surface area contributed by atoms with E-state index in [2.05, 4.69) is 92.9 Å². The van der Waals surface area contributed by atoms with E-state index in [1.807, 2.05) is 0 Å². The zero-order chi connectivity index (χ0) is 15.7. The van der Waals surface area contributed by atoms with Crippen LogP contribution in [0, 0.1) is 0 Å². The molecule has 0 atom stereocenters. The zero-order valence-corrected chi connectivity index (χ0v) is 13.9. The SMILES string of the molecule is CC(C)c1ccccc1-c1ccc2ccccc2[n+]1C(C)C. The summed E-state index contributed by atoms with van der Waals surface area (Å²) in [6, 6.07) is 22.3. The number of rotatable bonds is 3. The fourth-order valence-electron chi connectivity index (χ4n) is 3.24. The third-order valence-corrected chi connectivity index (χ3v) is 4.25. The summed E-state index contributed by atoms with van der Waals surface area (Å²) < 4.78 is 2.45. The van der Waals surface area contributed by atoms with Crippen LogP contribution in [0.1, 0.15) is 45.2 Å². The molecule has 3 rings (SSSR count). The Morgan fingerprint density at radius 2 is 1.41 bits per heavy atom. The molecule has 0 spiro atoms. The predicted molar refractivity (Wildman–Crippen MR) is 94.1 cm³/mol. The number of benzene rings is 2. The fourth-order valence-corrected chi connectivity index (χ4v) is 3.24. The summed E-state index contributed by atoms with van der Waals surface area (Å²) in [4.78, 5) is 0. The number of fused-ring (bicyclic) bond motifs is 1. The summed E-state index contributed by atoms with van der Waals surface area (Å²) in [7, 11) is 0. The minimum Gasteiger partial charge on any atom is -0.189 e. The van der Waals surface area contributed by atoms with Crippen molar-refractivity contribution < 1.29 is 4.57 Å². The minimum absolute atomic E-state index is 0.418. The first-order chi connectivity index (χ1) is 10.6. The molecule has 1 nitrogen and oxygen atoms in total. The van der Waals surface area contributed by atoms with E-state index in [-0.39, 0.29) is 0 Å². The first-order valence-corrected chi connectivity index (χ1v) is 8.12. The molecule has 0 saturated carbocycles. The standard InChI is InChI=1S/C21H24N/c1-15(2)18-10-6-7-11-19(18)21-14-13-17-9-5-8-12-20(17)22(21)16(3)4/h5-16H,1-4H3/q+1. The minimum atomic E-state index is 0.418. The molecule has 1 heterocycles. The Balaban J connectivity index is 2.35. The number of aromatic nitrogens is 1. The Labute approximate surface area is 133 Å².